The highest BCUT2D eigenvalue weighted by molar-refractivity contribution is 6.31. The van der Waals surface area contributed by atoms with Crippen LogP contribution >= 0.6 is 11.6 Å². The van der Waals surface area contributed by atoms with Gasteiger partial charge < -0.3 is 5.73 Å². The van der Waals surface area contributed by atoms with E-state index in [1.54, 1.807) is 6.07 Å². The van der Waals surface area contributed by atoms with Crippen LogP contribution in [0.1, 0.15) is 15.9 Å². The number of anilines is 1. The third kappa shape index (κ3) is 2.82. The monoisotopic (exact) mass is 246 g/mol. The second-order valence-corrected chi connectivity index (χ2v) is 4.11. The Kier molecular flexibility index (Phi) is 3.40. The summed E-state index contributed by atoms with van der Waals surface area (Å²) in [5.41, 5.74) is 6.97. The highest BCUT2D eigenvalue weighted by Gasteiger charge is 2.12. The lowest BCUT2D eigenvalue weighted by Gasteiger charge is -2.04. The molecule has 4 heteroatoms. The van der Waals surface area contributed by atoms with E-state index in [0.717, 1.165) is 5.56 Å². The van der Waals surface area contributed by atoms with Crippen molar-refractivity contribution in [2.45, 2.75) is 6.42 Å². The molecule has 0 saturated carbocycles. The fourth-order valence-corrected chi connectivity index (χ4v) is 1.71. The lowest BCUT2D eigenvalue weighted by atomic mass is 10.0. The Bertz CT molecular complexity index is 540. The van der Waals surface area contributed by atoms with E-state index in [0.29, 0.717) is 17.0 Å². The molecule has 1 aromatic carbocycles. The minimum atomic E-state index is -0.0799. The molecule has 0 aliphatic rings. The predicted octanol–water partition coefficient (Wildman–Crippen LogP) is 2.74. The molecule has 0 fully saturated rings. The molecule has 2 N–H and O–H groups in total. The molecule has 1 aromatic heterocycles. The van der Waals surface area contributed by atoms with Crippen LogP contribution in [0.3, 0.4) is 0 Å². The molecule has 17 heavy (non-hydrogen) atoms. The number of nitrogens with two attached hydrogens (primary N) is 1. The normalized spacial score (nSPS) is 10.2. The lowest BCUT2D eigenvalue weighted by molar-refractivity contribution is 0.0993. The summed E-state index contributed by atoms with van der Waals surface area (Å²) in [5.74, 6) is 0.138. The van der Waals surface area contributed by atoms with Crippen LogP contribution in [-0.2, 0) is 6.42 Å². The zero-order valence-electron chi connectivity index (χ0n) is 9.06. The molecule has 0 atom stereocenters. The molecule has 1 heterocycles. The van der Waals surface area contributed by atoms with Gasteiger partial charge >= 0.3 is 0 Å². The minimum Gasteiger partial charge on any atom is -0.383 e. The average Bonchev–Trinajstić information content (AvgIpc) is 2.33. The molecular formula is C13H11ClN2O. The summed E-state index contributed by atoms with van der Waals surface area (Å²) < 4.78 is 0. The molecule has 0 spiro atoms. The molecule has 2 aromatic rings. The number of ketones is 1. The Hall–Kier alpha value is -1.87. The second kappa shape index (κ2) is 4.97. The van der Waals surface area contributed by atoms with Crippen molar-refractivity contribution in [3.8, 4) is 0 Å². The number of halogens is 1. The quantitative estimate of drug-likeness (QED) is 0.848. The van der Waals surface area contributed by atoms with Gasteiger partial charge in [-0.25, -0.2) is 4.98 Å². The standard InChI is InChI=1S/C13H11ClN2O/c14-10-7-11(13(15)16-8-10)12(17)6-9-4-2-1-3-5-9/h1-5,7-8H,6H2,(H2,15,16). The zero-order chi connectivity index (χ0) is 12.3. The van der Waals surface area contributed by atoms with Gasteiger partial charge in [-0.3, -0.25) is 4.79 Å². The summed E-state index contributed by atoms with van der Waals surface area (Å²) in [7, 11) is 0. The molecule has 0 amide bonds. The summed E-state index contributed by atoms with van der Waals surface area (Å²) in [4.78, 5) is 15.9. The highest BCUT2D eigenvalue weighted by Crippen LogP contribution is 2.17. The molecule has 0 radical (unpaired) electrons. The Labute approximate surface area is 104 Å². The van der Waals surface area contributed by atoms with Crippen LogP contribution in [0.4, 0.5) is 5.82 Å². The number of aromatic nitrogens is 1. The van der Waals surface area contributed by atoms with E-state index in [2.05, 4.69) is 4.98 Å². The third-order valence-corrected chi connectivity index (χ3v) is 2.60. The van der Waals surface area contributed by atoms with E-state index < -0.39 is 0 Å². The molecule has 0 aliphatic heterocycles. The lowest BCUT2D eigenvalue weighted by Crippen LogP contribution is -2.08. The van der Waals surface area contributed by atoms with Crippen LogP contribution in [0, 0.1) is 0 Å². The number of pyridine rings is 1. The van der Waals surface area contributed by atoms with Crippen LogP contribution < -0.4 is 5.73 Å². The second-order valence-electron chi connectivity index (χ2n) is 3.67. The van der Waals surface area contributed by atoms with E-state index in [4.69, 9.17) is 17.3 Å². The van der Waals surface area contributed by atoms with Gasteiger partial charge in [0.1, 0.15) is 5.82 Å². The van der Waals surface area contributed by atoms with Crippen LogP contribution in [0.5, 0.6) is 0 Å². The molecule has 0 aliphatic carbocycles. The van der Waals surface area contributed by atoms with Gasteiger partial charge in [-0.05, 0) is 11.6 Å². The number of nitrogen functional groups attached to an aromatic ring is 1. The summed E-state index contributed by atoms with van der Waals surface area (Å²) in [6.07, 6.45) is 1.73. The molecule has 0 saturated heterocycles. The highest BCUT2D eigenvalue weighted by atomic mass is 35.5. The fraction of sp³-hybridized carbons (Fsp3) is 0.0769. The number of benzene rings is 1. The Morgan fingerprint density at radius 3 is 2.71 bits per heavy atom. The van der Waals surface area contributed by atoms with Crippen LogP contribution in [0.2, 0.25) is 5.02 Å². The molecule has 3 nitrogen and oxygen atoms in total. The van der Waals surface area contributed by atoms with Crippen molar-refractivity contribution in [1.29, 1.82) is 0 Å². The number of nitrogens with zero attached hydrogens (tertiary/aromatic N) is 1. The summed E-state index contributed by atoms with van der Waals surface area (Å²) in [6, 6.07) is 11.0. The van der Waals surface area contributed by atoms with Crippen LogP contribution in [0.15, 0.2) is 42.6 Å². The van der Waals surface area contributed by atoms with E-state index in [1.807, 2.05) is 30.3 Å². The van der Waals surface area contributed by atoms with Crippen molar-refractivity contribution in [3.05, 3.63) is 58.7 Å². The van der Waals surface area contributed by atoms with Crippen LogP contribution in [-0.4, -0.2) is 10.8 Å². The topological polar surface area (TPSA) is 56.0 Å². The Morgan fingerprint density at radius 2 is 2.00 bits per heavy atom. The number of Topliss-reactive ketones (excluding diaryl/α,β-unsaturated/α-hetero) is 1. The van der Waals surface area contributed by atoms with Gasteiger partial charge in [0.05, 0.1) is 10.6 Å². The smallest absolute Gasteiger partial charge is 0.170 e. The first-order valence-corrected chi connectivity index (χ1v) is 5.53. The van der Waals surface area contributed by atoms with Gasteiger partial charge in [-0.1, -0.05) is 41.9 Å². The maximum Gasteiger partial charge on any atom is 0.170 e. The summed E-state index contributed by atoms with van der Waals surface area (Å²) in [5, 5.41) is 0.413. The summed E-state index contributed by atoms with van der Waals surface area (Å²) in [6.45, 7) is 0. The van der Waals surface area contributed by atoms with Crippen LogP contribution in [0.25, 0.3) is 0 Å². The number of hydrogen-bond acceptors (Lipinski definition) is 3. The predicted molar refractivity (Wildman–Crippen MR) is 68.1 cm³/mol. The molecule has 2 rings (SSSR count). The van der Waals surface area contributed by atoms with Gasteiger partial charge in [-0.2, -0.15) is 0 Å². The largest absolute Gasteiger partial charge is 0.383 e. The van der Waals surface area contributed by atoms with Crippen molar-refractivity contribution in [2.75, 3.05) is 5.73 Å². The maximum atomic E-state index is 12.0. The molecule has 0 unspecified atom stereocenters. The number of carbonyl (C=O) groups excluding carboxylic acids is 1. The first-order valence-electron chi connectivity index (χ1n) is 5.15. The number of rotatable bonds is 3. The first-order chi connectivity index (χ1) is 8.16. The maximum absolute atomic E-state index is 12.0. The van der Waals surface area contributed by atoms with E-state index in [-0.39, 0.29) is 11.6 Å². The fourth-order valence-electron chi connectivity index (χ4n) is 1.55. The molecule has 0 bridgehead atoms. The number of hydrogen-bond donors (Lipinski definition) is 1. The first kappa shape index (κ1) is 11.6. The average molecular weight is 247 g/mol. The summed E-state index contributed by atoms with van der Waals surface area (Å²) >= 11 is 5.79. The minimum absolute atomic E-state index is 0.0799. The molecular weight excluding hydrogens is 236 g/mol. The van der Waals surface area contributed by atoms with Crippen molar-refractivity contribution in [1.82, 2.24) is 4.98 Å². The van der Waals surface area contributed by atoms with Crippen molar-refractivity contribution in [3.63, 3.8) is 0 Å². The van der Waals surface area contributed by atoms with Crippen molar-refractivity contribution >= 4 is 23.2 Å². The van der Waals surface area contributed by atoms with Gasteiger partial charge in [0.25, 0.3) is 0 Å². The zero-order valence-corrected chi connectivity index (χ0v) is 9.82. The van der Waals surface area contributed by atoms with Gasteiger partial charge in [0.2, 0.25) is 0 Å². The van der Waals surface area contributed by atoms with E-state index in [9.17, 15) is 4.79 Å². The molecule has 86 valence electrons. The van der Waals surface area contributed by atoms with Gasteiger partial charge in [-0.15, -0.1) is 0 Å². The third-order valence-electron chi connectivity index (χ3n) is 2.39. The van der Waals surface area contributed by atoms with Crippen molar-refractivity contribution in [2.24, 2.45) is 0 Å². The Morgan fingerprint density at radius 1 is 1.29 bits per heavy atom. The van der Waals surface area contributed by atoms with E-state index >= 15 is 0 Å². The van der Waals surface area contributed by atoms with Gasteiger partial charge in [0, 0.05) is 12.6 Å². The van der Waals surface area contributed by atoms with Crippen molar-refractivity contribution < 1.29 is 4.79 Å². The Balaban J connectivity index is 2.23. The SMILES string of the molecule is Nc1ncc(Cl)cc1C(=O)Cc1ccccc1. The van der Waals surface area contributed by atoms with Gasteiger partial charge in [0.15, 0.2) is 5.78 Å². The number of carbonyl (C=O) groups is 1. The van der Waals surface area contributed by atoms with E-state index in [1.165, 1.54) is 6.20 Å².